The fourth-order valence-electron chi connectivity index (χ4n) is 1.66. The van der Waals surface area contributed by atoms with Gasteiger partial charge in [-0.15, -0.1) is 17.9 Å². The SMILES string of the molecule is C=CCNC(=O)/C(C#N)=C/c1csc(-c2cccc(Br)c2)n1. The van der Waals surface area contributed by atoms with Crippen LogP contribution in [0, 0.1) is 11.3 Å². The van der Waals surface area contributed by atoms with Crippen LogP contribution in [0.5, 0.6) is 0 Å². The molecule has 0 atom stereocenters. The van der Waals surface area contributed by atoms with Crippen molar-refractivity contribution in [3.05, 3.63) is 58.0 Å². The van der Waals surface area contributed by atoms with Crippen LogP contribution in [0.2, 0.25) is 0 Å². The Morgan fingerprint density at radius 3 is 3.05 bits per heavy atom. The highest BCUT2D eigenvalue weighted by Gasteiger charge is 2.10. The van der Waals surface area contributed by atoms with Gasteiger partial charge in [0, 0.05) is 22.0 Å². The molecule has 2 aromatic rings. The maximum atomic E-state index is 11.8. The smallest absolute Gasteiger partial charge is 0.262 e. The van der Waals surface area contributed by atoms with E-state index >= 15 is 0 Å². The Bertz CT molecular complexity index is 774. The van der Waals surface area contributed by atoms with Crippen LogP contribution in [0.25, 0.3) is 16.6 Å². The van der Waals surface area contributed by atoms with E-state index < -0.39 is 5.91 Å². The van der Waals surface area contributed by atoms with Gasteiger partial charge >= 0.3 is 0 Å². The topological polar surface area (TPSA) is 65.8 Å². The summed E-state index contributed by atoms with van der Waals surface area (Å²) < 4.78 is 0.971. The third-order valence-corrected chi connectivity index (χ3v) is 4.06. The van der Waals surface area contributed by atoms with Crippen molar-refractivity contribution in [2.75, 3.05) is 6.54 Å². The second-order valence-corrected chi connectivity index (χ2v) is 6.03. The standard InChI is InChI=1S/C16H12BrN3OS/c1-2-6-19-15(21)12(9-18)8-14-10-22-16(20-14)11-4-3-5-13(17)7-11/h2-5,7-8,10H,1,6H2,(H,19,21)/b12-8+. The second-order valence-electron chi connectivity index (χ2n) is 4.26. The Morgan fingerprint density at radius 2 is 2.36 bits per heavy atom. The summed E-state index contributed by atoms with van der Waals surface area (Å²) in [5.74, 6) is -0.431. The maximum absolute atomic E-state index is 11.8. The number of hydrogen-bond donors (Lipinski definition) is 1. The lowest BCUT2D eigenvalue weighted by Gasteiger charge is -1.99. The van der Waals surface area contributed by atoms with Crippen LogP contribution in [0.1, 0.15) is 5.69 Å². The lowest BCUT2D eigenvalue weighted by Crippen LogP contribution is -2.24. The van der Waals surface area contributed by atoms with Crippen molar-refractivity contribution in [1.82, 2.24) is 10.3 Å². The molecule has 0 spiro atoms. The molecule has 0 aliphatic heterocycles. The zero-order valence-electron chi connectivity index (χ0n) is 11.5. The van der Waals surface area contributed by atoms with Gasteiger partial charge in [0.05, 0.1) is 5.69 Å². The molecule has 1 N–H and O–H groups in total. The van der Waals surface area contributed by atoms with Gasteiger partial charge in [-0.25, -0.2) is 4.98 Å². The van der Waals surface area contributed by atoms with Crippen LogP contribution in [0.15, 0.2) is 52.3 Å². The number of carbonyl (C=O) groups excluding carboxylic acids is 1. The first-order valence-electron chi connectivity index (χ1n) is 6.36. The molecule has 1 heterocycles. The highest BCUT2D eigenvalue weighted by atomic mass is 79.9. The van der Waals surface area contributed by atoms with E-state index in [1.807, 2.05) is 35.7 Å². The molecule has 0 saturated carbocycles. The largest absolute Gasteiger partial charge is 0.348 e. The molecular formula is C16H12BrN3OS. The van der Waals surface area contributed by atoms with E-state index in [1.165, 1.54) is 17.4 Å². The first-order valence-corrected chi connectivity index (χ1v) is 8.03. The molecule has 0 unspecified atom stereocenters. The van der Waals surface area contributed by atoms with Crippen molar-refractivity contribution < 1.29 is 4.79 Å². The van der Waals surface area contributed by atoms with E-state index in [4.69, 9.17) is 5.26 Å². The van der Waals surface area contributed by atoms with Gasteiger partial charge in [-0.2, -0.15) is 5.26 Å². The maximum Gasteiger partial charge on any atom is 0.262 e. The summed E-state index contributed by atoms with van der Waals surface area (Å²) in [4.78, 5) is 16.2. The molecule has 0 saturated heterocycles. The minimum atomic E-state index is -0.431. The quantitative estimate of drug-likeness (QED) is 0.492. The first kappa shape index (κ1) is 16.1. The number of aromatic nitrogens is 1. The highest BCUT2D eigenvalue weighted by molar-refractivity contribution is 9.10. The number of benzene rings is 1. The number of rotatable bonds is 5. The average molecular weight is 374 g/mol. The molecule has 0 aliphatic carbocycles. The number of halogens is 1. The van der Waals surface area contributed by atoms with Crippen molar-refractivity contribution >= 4 is 39.2 Å². The Hall–Kier alpha value is -2.23. The van der Waals surface area contributed by atoms with E-state index in [1.54, 1.807) is 6.08 Å². The van der Waals surface area contributed by atoms with E-state index in [9.17, 15) is 4.79 Å². The third kappa shape index (κ3) is 4.13. The molecule has 1 aromatic carbocycles. The summed E-state index contributed by atoms with van der Waals surface area (Å²) >= 11 is 4.88. The lowest BCUT2D eigenvalue weighted by atomic mass is 10.2. The lowest BCUT2D eigenvalue weighted by molar-refractivity contribution is -0.116. The van der Waals surface area contributed by atoms with E-state index in [0.717, 1.165) is 15.0 Å². The van der Waals surface area contributed by atoms with Gasteiger partial charge in [0.25, 0.3) is 5.91 Å². The minimum absolute atomic E-state index is 0.0212. The van der Waals surface area contributed by atoms with Gasteiger partial charge < -0.3 is 5.32 Å². The van der Waals surface area contributed by atoms with Crippen LogP contribution in [-0.2, 0) is 4.79 Å². The molecule has 4 nitrogen and oxygen atoms in total. The predicted octanol–water partition coefficient (Wildman–Crippen LogP) is 3.78. The van der Waals surface area contributed by atoms with Crippen LogP contribution in [0.4, 0.5) is 0 Å². The Balaban J connectivity index is 2.23. The Labute approximate surface area is 140 Å². The van der Waals surface area contributed by atoms with Crippen molar-refractivity contribution in [3.63, 3.8) is 0 Å². The molecule has 1 amide bonds. The predicted molar refractivity (Wildman–Crippen MR) is 92.0 cm³/mol. The van der Waals surface area contributed by atoms with Crippen LogP contribution >= 0.6 is 27.3 Å². The summed E-state index contributed by atoms with van der Waals surface area (Å²) in [5, 5.41) is 14.3. The van der Waals surface area contributed by atoms with E-state index in [2.05, 4.69) is 32.8 Å². The Kier molecular flexibility index (Phi) is 5.64. The van der Waals surface area contributed by atoms with Crippen LogP contribution in [-0.4, -0.2) is 17.4 Å². The van der Waals surface area contributed by atoms with Crippen molar-refractivity contribution in [1.29, 1.82) is 5.26 Å². The molecule has 0 aliphatic rings. The molecule has 6 heteroatoms. The monoisotopic (exact) mass is 373 g/mol. The number of thiazole rings is 1. The zero-order valence-corrected chi connectivity index (χ0v) is 13.9. The molecule has 22 heavy (non-hydrogen) atoms. The summed E-state index contributed by atoms with van der Waals surface area (Å²) in [6.07, 6.45) is 3.04. The number of nitriles is 1. The van der Waals surface area contributed by atoms with E-state index in [-0.39, 0.29) is 5.57 Å². The average Bonchev–Trinajstić information content (AvgIpc) is 2.99. The fourth-order valence-corrected chi connectivity index (χ4v) is 2.84. The fraction of sp³-hybridized carbons (Fsp3) is 0.0625. The second kappa shape index (κ2) is 7.69. The molecule has 110 valence electrons. The van der Waals surface area contributed by atoms with E-state index in [0.29, 0.717) is 12.2 Å². The molecule has 2 rings (SSSR count). The summed E-state index contributed by atoms with van der Waals surface area (Å²) in [7, 11) is 0. The molecular weight excluding hydrogens is 362 g/mol. The van der Waals surface area contributed by atoms with Crippen molar-refractivity contribution in [2.24, 2.45) is 0 Å². The minimum Gasteiger partial charge on any atom is -0.348 e. The number of carbonyl (C=O) groups is 1. The van der Waals surface area contributed by atoms with Gasteiger partial charge in [-0.05, 0) is 18.2 Å². The normalized spacial score (nSPS) is 10.8. The number of nitrogens with zero attached hydrogens (tertiary/aromatic N) is 2. The third-order valence-electron chi connectivity index (χ3n) is 2.66. The molecule has 0 radical (unpaired) electrons. The van der Waals surface area contributed by atoms with Crippen LogP contribution in [0.3, 0.4) is 0 Å². The van der Waals surface area contributed by atoms with Gasteiger partial charge in [0.1, 0.15) is 16.6 Å². The Morgan fingerprint density at radius 1 is 1.55 bits per heavy atom. The molecule has 0 bridgehead atoms. The summed E-state index contributed by atoms with van der Waals surface area (Å²) in [6, 6.07) is 9.68. The van der Waals surface area contributed by atoms with Gasteiger partial charge in [0.15, 0.2) is 0 Å². The van der Waals surface area contributed by atoms with Crippen LogP contribution < -0.4 is 5.32 Å². The molecule has 1 aromatic heterocycles. The van der Waals surface area contributed by atoms with Crippen molar-refractivity contribution in [2.45, 2.75) is 0 Å². The van der Waals surface area contributed by atoms with Gasteiger partial charge in [-0.1, -0.05) is 34.1 Å². The number of amides is 1. The van der Waals surface area contributed by atoms with Gasteiger partial charge in [0.2, 0.25) is 0 Å². The number of hydrogen-bond acceptors (Lipinski definition) is 4. The zero-order chi connectivity index (χ0) is 15.9. The first-order chi connectivity index (χ1) is 10.6. The van der Waals surface area contributed by atoms with Gasteiger partial charge in [-0.3, -0.25) is 4.79 Å². The summed E-state index contributed by atoms with van der Waals surface area (Å²) in [5.41, 5.74) is 1.59. The highest BCUT2D eigenvalue weighted by Crippen LogP contribution is 2.26. The van der Waals surface area contributed by atoms with Crippen molar-refractivity contribution in [3.8, 4) is 16.6 Å². The number of nitrogens with one attached hydrogen (secondary N) is 1. The summed E-state index contributed by atoms with van der Waals surface area (Å²) in [6.45, 7) is 3.83. The molecule has 0 fully saturated rings.